The lowest BCUT2D eigenvalue weighted by molar-refractivity contribution is -0.133. The van der Waals surface area contributed by atoms with Gasteiger partial charge in [0.05, 0.1) is 6.42 Å². The molecular weight excluding hydrogens is 221 g/mol. The van der Waals surface area contributed by atoms with Crippen molar-refractivity contribution in [2.45, 2.75) is 50.2 Å². The van der Waals surface area contributed by atoms with Crippen LogP contribution in [0.1, 0.15) is 38.5 Å². The zero-order valence-electron chi connectivity index (χ0n) is 8.73. The van der Waals surface area contributed by atoms with E-state index in [9.17, 15) is 18.0 Å². The van der Waals surface area contributed by atoms with Crippen molar-refractivity contribution in [3.8, 4) is 0 Å². The first-order valence-electron chi connectivity index (χ1n) is 5.38. The normalized spacial score (nSPS) is 23.7. The van der Waals surface area contributed by atoms with Crippen molar-refractivity contribution < 1.29 is 18.0 Å². The van der Waals surface area contributed by atoms with Crippen LogP contribution in [0.2, 0.25) is 0 Å². The SMILES string of the molecule is O=C1NC(CCC(F)(F)F)=NC12CCCC2. The smallest absolute Gasteiger partial charge is 0.312 e. The Morgan fingerprint density at radius 1 is 1.31 bits per heavy atom. The van der Waals surface area contributed by atoms with Crippen LogP contribution in [0.5, 0.6) is 0 Å². The number of alkyl halides is 3. The number of hydrogen-bond acceptors (Lipinski definition) is 2. The summed E-state index contributed by atoms with van der Waals surface area (Å²) in [6.07, 6.45) is -2.19. The van der Waals surface area contributed by atoms with Gasteiger partial charge in [0.25, 0.3) is 5.91 Å². The number of nitrogens with zero attached hydrogens (tertiary/aromatic N) is 1. The van der Waals surface area contributed by atoms with Gasteiger partial charge in [-0.3, -0.25) is 9.79 Å². The third kappa shape index (κ3) is 2.20. The molecule has 2 aliphatic rings. The Bertz CT molecular complexity index is 329. The van der Waals surface area contributed by atoms with Crippen LogP contribution in [0, 0.1) is 0 Å². The second kappa shape index (κ2) is 3.75. The van der Waals surface area contributed by atoms with E-state index in [1.807, 2.05) is 0 Å². The Labute approximate surface area is 91.1 Å². The molecule has 6 heteroatoms. The number of amidine groups is 1. The van der Waals surface area contributed by atoms with Crippen molar-refractivity contribution in [2.24, 2.45) is 4.99 Å². The molecule has 0 saturated heterocycles. The van der Waals surface area contributed by atoms with Crippen LogP contribution < -0.4 is 5.32 Å². The average Bonchev–Trinajstić information content (AvgIpc) is 2.73. The van der Waals surface area contributed by atoms with E-state index in [0.29, 0.717) is 12.8 Å². The highest BCUT2D eigenvalue weighted by Gasteiger charge is 2.45. The summed E-state index contributed by atoms with van der Waals surface area (Å²) >= 11 is 0. The summed E-state index contributed by atoms with van der Waals surface area (Å²) < 4.78 is 36.0. The van der Waals surface area contributed by atoms with Gasteiger partial charge >= 0.3 is 6.18 Å². The largest absolute Gasteiger partial charge is 0.389 e. The van der Waals surface area contributed by atoms with Gasteiger partial charge in [0.1, 0.15) is 11.4 Å². The van der Waals surface area contributed by atoms with Crippen LogP contribution >= 0.6 is 0 Å². The summed E-state index contributed by atoms with van der Waals surface area (Å²) in [4.78, 5) is 15.8. The maximum Gasteiger partial charge on any atom is 0.389 e. The number of rotatable bonds is 2. The van der Waals surface area contributed by atoms with Crippen LogP contribution in [-0.2, 0) is 4.79 Å². The highest BCUT2D eigenvalue weighted by molar-refractivity contribution is 6.08. The maximum absolute atomic E-state index is 12.0. The second-order valence-corrected chi connectivity index (χ2v) is 4.37. The van der Waals surface area contributed by atoms with Gasteiger partial charge in [0, 0.05) is 6.42 Å². The van der Waals surface area contributed by atoms with E-state index in [0.717, 1.165) is 12.8 Å². The first-order valence-corrected chi connectivity index (χ1v) is 5.38. The second-order valence-electron chi connectivity index (χ2n) is 4.37. The van der Waals surface area contributed by atoms with Gasteiger partial charge in [-0.2, -0.15) is 13.2 Å². The van der Waals surface area contributed by atoms with E-state index in [1.54, 1.807) is 0 Å². The van der Waals surface area contributed by atoms with E-state index in [2.05, 4.69) is 10.3 Å². The summed E-state index contributed by atoms with van der Waals surface area (Å²) in [5.41, 5.74) is -0.735. The van der Waals surface area contributed by atoms with E-state index >= 15 is 0 Å². The van der Waals surface area contributed by atoms with E-state index in [1.165, 1.54) is 0 Å². The molecule has 0 atom stereocenters. The number of aliphatic imine (C=N–C) groups is 1. The number of halogens is 3. The number of nitrogens with one attached hydrogen (secondary N) is 1. The fraction of sp³-hybridized carbons (Fsp3) is 0.800. The highest BCUT2D eigenvalue weighted by atomic mass is 19.4. The van der Waals surface area contributed by atoms with Crippen LogP contribution in [0.15, 0.2) is 4.99 Å². The third-order valence-electron chi connectivity index (χ3n) is 3.11. The zero-order valence-corrected chi connectivity index (χ0v) is 8.73. The van der Waals surface area contributed by atoms with Crippen molar-refractivity contribution in [3.05, 3.63) is 0 Å². The molecular formula is C10H13F3N2O. The standard InChI is InChI=1S/C10H13F3N2O/c11-10(12,13)6-3-7-14-8(16)9(15-7)4-1-2-5-9/h1-6H2,(H,14,15,16). The van der Waals surface area contributed by atoms with Crippen molar-refractivity contribution in [1.82, 2.24) is 5.32 Å². The minimum absolute atomic E-state index is 0.198. The lowest BCUT2D eigenvalue weighted by Gasteiger charge is -2.14. The van der Waals surface area contributed by atoms with Gasteiger partial charge < -0.3 is 5.32 Å². The molecule has 1 saturated carbocycles. The summed E-state index contributed by atoms with van der Waals surface area (Å²) in [6.45, 7) is 0. The Morgan fingerprint density at radius 2 is 1.94 bits per heavy atom. The Balaban J connectivity index is 2.00. The van der Waals surface area contributed by atoms with Gasteiger partial charge in [-0.1, -0.05) is 12.8 Å². The van der Waals surface area contributed by atoms with Gasteiger partial charge in [-0.05, 0) is 12.8 Å². The summed E-state index contributed by atoms with van der Waals surface area (Å²) in [5, 5.41) is 2.47. The molecule has 0 aromatic carbocycles. The Hall–Kier alpha value is -1.07. The van der Waals surface area contributed by atoms with Crippen molar-refractivity contribution in [2.75, 3.05) is 0 Å². The van der Waals surface area contributed by atoms with E-state index in [-0.39, 0.29) is 18.2 Å². The number of carbonyl (C=O) groups excluding carboxylic acids is 1. The minimum Gasteiger partial charge on any atom is -0.312 e. The fourth-order valence-electron chi connectivity index (χ4n) is 2.26. The molecule has 1 N–H and O–H groups in total. The van der Waals surface area contributed by atoms with Gasteiger partial charge in [-0.15, -0.1) is 0 Å². The predicted molar refractivity (Wildman–Crippen MR) is 52.1 cm³/mol. The molecule has 3 nitrogen and oxygen atoms in total. The topological polar surface area (TPSA) is 41.5 Å². The molecule has 2 rings (SSSR count). The molecule has 1 heterocycles. The summed E-state index contributed by atoms with van der Waals surface area (Å²) in [5.74, 6) is -0.0219. The third-order valence-corrected chi connectivity index (χ3v) is 3.11. The molecule has 1 aliphatic heterocycles. The zero-order chi connectivity index (χ0) is 11.8. The molecule has 0 unspecified atom stereocenters. The monoisotopic (exact) mass is 234 g/mol. The van der Waals surface area contributed by atoms with Crippen LogP contribution in [0.25, 0.3) is 0 Å². The van der Waals surface area contributed by atoms with Crippen LogP contribution in [0.4, 0.5) is 13.2 Å². The molecule has 1 amide bonds. The van der Waals surface area contributed by atoms with Crippen molar-refractivity contribution >= 4 is 11.7 Å². The molecule has 16 heavy (non-hydrogen) atoms. The number of amides is 1. The molecule has 0 aromatic rings. The molecule has 1 fully saturated rings. The van der Waals surface area contributed by atoms with Gasteiger partial charge in [0.15, 0.2) is 0 Å². The molecule has 0 aromatic heterocycles. The van der Waals surface area contributed by atoms with Crippen LogP contribution in [-0.4, -0.2) is 23.5 Å². The number of carbonyl (C=O) groups is 1. The Morgan fingerprint density at radius 3 is 2.50 bits per heavy atom. The van der Waals surface area contributed by atoms with E-state index < -0.39 is 18.1 Å². The summed E-state index contributed by atoms with van der Waals surface area (Å²) in [6, 6.07) is 0. The molecule has 0 radical (unpaired) electrons. The van der Waals surface area contributed by atoms with Gasteiger partial charge in [-0.25, -0.2) is 0 Å². The van der Waals surface area contributed by atoms with E-state index in [4.69, 9.17) is 0 Å². The lowest BCUT2D eigenvalue weighted by Crippen LogP contribution is -2.37. The maximum atomic E-state index is 12.0. The quantitative estimate of drug-likeness (QED) is 0.781. The lowest BCUT2D eigenvalue weighted by atomic mass is 9.99. The summed E-state index contributed by atoms with van der Waals surface area (Å²) in [7, 11) is 0. The fourth-order valence-corrected chi connectivity index (χ4v) is 2.26. The number of hydrogen-bond donors (Lipinski definition) is 1. The molecule has 1 spiro atoms. The minimum atomic E-state index is -4.20. The molecule has 1 aliphatic carbocycles. The van der Waals surface area contributed by atoms with Crippen LogP contribution in [0.3, 0.4) is 0 Å². The molecule has 0 bridgehead atoms. The van der Waals surface area contributed by atoms with Crippen molar-refractivity contribution in [1.29, 1.82) is 0 Å². The van der Waals surface area contributed by atoms with Gasteiger partial charge in [0.2, 0.25) is 0 Å². The molecule has 90 valence electrons. The first kappa shape index (κ1) is 11.4. The first-order chi connectivity index (χ1) is 7.41. The average molecular weight is 234 g/mol. The Kier molecular flexibility index (Phi) is 2.67. The highest BCUT2D eigenvalue weighted by Crippen LogP contribution is 2.36. The van der Waals surface area contributed by atoms with Crippen molar-refractivity contribution in [3.63, 3.8) is 0 Å². The predicted octanol–water partition coefficient (Wildman–Crippen LogP) is 2.17.